The molecule has 0 atom stereocenters. The highest BCUT2D eigenvalue weighted by molar-refractivity contribution is 5.77. The Kier molecular flexibility index (Phi) is 6.01. The van der Waals surface area contributed by atoms with E-state index in [9.17, 15) is 4.79 Å². The van der Waals surface area contributed by atoms with Crippen LogP contribution in [0.5, 0.6) is 5.75 Å². The molecule has 0 aliphatic carbocycles. The van der Waals surface area contributed by atoms with Crippen molar-refractivity contribution >= 4 is 5.91 Å². The maximum Gasteiger partial charge on any atom is 0.260 e. The lowest BCUT2D eigenvalue weighted by Gasteiger charge is -2.23. The van der Waals surface area contributed by atoms with Crippen LogP contribution in [0.1, 0.15) is 37.8 Å². The second-order valence-corrected chi connectivity index (χ2v) is 8.17. The lowest BCUT2D eigenvalue weighted by molar-refractivity contribution is -0.132. The van der Waals surface area contributed by atoms with Gasteiger partial charge in [0.15, 0.2) is 6.61 Å². The highest BCUT2D eigenvalue weighted by Gasteiger charge is 2.20. The lowest BCUT2D eigenvalue weighted by atomic mass is 9.86. The molecule has 0 bridgehead atoms. The standard InChI is InChI=1S/C23H27N3O3/c1-16-9-8-10-17(13-16)22-24-20(29-25-22)14-26(5)21(27)15-28-19-12-7-6-11-18(19)23(2,3)4/h6-13H,14-15H2,1-5H3. The monoisotopic (exact) mass is 393 g/mol. The van der Waals surface area contributed by atoms with Crippen molar-refractivity contribution in [2.24, 2.45) is 0 Å². The fourth-order valence-corrected chi connectivity index (χ4v) is 2.97. The Bertz CT molecular complexity index is 989. The van der Waals surface area contributed by atoms with Crippen LogP contribution in [0.15, 0.2) is 53.1 Å². The largest absolute Gasteiger partial charge is 0.483 e. The van der Waals surface area contributed by atoms with Gasteiger partial charge in [0.25, 0.3) is 5.91 Å². The van der Waals surface area contributed by atoms with Crippen molar-refractivity contribution in [2.75, 3.05) is 13.7 Å². The van der Waals surface area contributed by atoms with Crippen LogP contribution in [-0.2, 0) is 16.8 Å². The van der Waals surface area contributed by atoms with E-state index < -0.39 is 0 Å². The molecule has 0 saturated heterocycles. The maximum absolute atomic E-state index is 12.5. The molecule has 6 nitrogen and oxygen atoms in total. The zero-order chi connectivity index (χ0) is 21.0. The van der Waals surface area contributed by atoms with Crippen molar-refractivity contribution in [3.63, 3.8) is 0 Å². The van der Waals surface area contributed by atoms with Crippen LogP contribution in [0.4, 0.5) is 0 Å². The topological polar surface area (TPSA) is 68.5 Å². The van der Waals surface area contributed by atoms with Crippen LogP contribution in [0.2, 0.25) is 0 Å². The molecule has 0 spiro atoms. The molecular formula is C23H27N3O3. The molecule has 29 heavy (non-hydrogen) atoms. The van der Waals surface area contributed by atoms with E-state index in [0.29, 0.717) is 11.7 Å². The molecule has 0 unspecified atom stereocenters. The molecule has 0 aliphatic heterocycles. The number of para-hydroxylation sites is 1. The van der Waals surface area contributed by atoms with Gasteiger partial charge in [-0.25, -0.2) is 0 Å². The summed E-state index contributed by atoms with van der Waals surface area (Å²) in [6.45, 7) is 8.53. The molecule has 0 fully saturated rings. The van der Waals surface area contributed by atoms with Gasteiger partial charge in [0.1, 0.15) is 5.75 Å². The number of aryl methyl sites for hydroxylation is 1. The van der Waals surface area contributed by atoms with Gasteiger partial charge in [-0.15, -0.1) is 0 Å². The summed E-state index contributed by atoms with van der Waals surface area (Å²) in [5.74, 6) is 1.46. The molecule has 0 N–H and O–H groups in total. The zero-order valence-corrected chi connectivity index (χ0v) is 17.6. The molecule has 1 heterocycles. The number of hydrogen-bond acceptors (Lipinski definition) is 5. The third-order valence-electron chi connectivity index (χ3n) is 4.59. The summed E-state index contributed by atoms with van der Waals surface area (Å²) in [4.78, 5) is 18.4. The number of hydrogen-bond donors (Lipinski definition) is 0. The van der Waals surface area contributed by atoms with Crippen LogP contribution in [-0.4, -0.2) is 34.6 Å². The summed E-state index contributed by atoms with van der Waals surface area (Å²) in [6, 6.07) is 15.7. The van der Waals surface area contributed by atoms with E-state index in [1.165, 1.54) is 4.90 Å². The number of carbonyl (C=O) groups is 1. The molecule has 152 valence electrons. The first-order chi connectivity index (χ1) is 13.7. The third kappa shape index (κ3) is 5.22. The zero-order valence-electron chi connectivity index (χ0n) is 17.6. The summed E-state index contributed by atoms with van der Waals surface area (Å²) in [6.07, 6.45) is 0. The fraction of sp³-hybridized carbons (Fsp3) is 0.348. The minimum Gasteiger partial charge on any atom is -0.483 e. The van der Waals surface area contributed by atoms with Crippen LogP contribution < -0.4 is 4.74 Å². The number of likely N-dealkylation sites (N-methyl/N-ethyl adjacent to an activating group) is 1. The highest BCUT2D eigenvalue weighted by Crippen LogP contribution is 2.30. The van der Waals surface area contributed by atoms with Crippen molar-refractivity contribution in [1.82, 2.24) is 15.0 Å². The number of carbonyl (C=O) groups excluding carboxylic acids is 1. The van der Waals surface area contributed by atoms with Gasteiger partial charge in [0, 0.05) is 12.6 Å². The van der Waals surface area contributed by atoms with E-state index in [0.717, 1.165) is 22.4 Å². The van der Waals surface area contributed by atoms with E-state index in [-0.39, 0.29) is 24.5 Å². The molecule has 3 aromatic rings. The summed E-state index contributed by atoms with van der Waals surface area (Å²) < 4.78 is 11.1. The van der Waals surface area contributed by atoms with Crippen LogP contribution >= 0.6 is 0 Å². The summed E-state index contributed by atoms with van der Waals surface area (Å²) in [5, 5.41) is 4.02. The second kappa shape index (κ2) is 8.47. The smallest absolute Gasteiger partial charge is 0.260 e. The van der Waals surface area contributed by atoms with Gasteiger partial charge < -0.3 is 14.2 Å². The number of nitrogens with zero attached hydrogens (tertiary/aromatic N) is 3. The van der Waals surface area contributed by atoms with E-state index in [1.54, 1.807) is 7.05 Å². The number of ether oxygens (including phenoxy) is 1. The summed E-state index contributed by atoms with van der Waals surface area (Å²) in [7, 11) is 1.69. The molecule has 1 amide bonds. The number of aromatic nitrogens is 2. The molecule has 0 radical (unpaired) electrons. The van der Waals surface area contributed by atoms with Gasteiger partial charge in [-0.3, -0.25) is 4.79 Å². The average molecular weight is 393 g/mol. The first kappa shape index (κ1) is 20.6. The quantitative estimate of drug-likeness (QED) is 0.622. The van der Waals surface area contributed by atoms with Crippen molar-refractivity contribution < 1.29 is 14.1 Å². The van der Waals surface area contributed by atoms with Crippen LogP contribution in [0, 0.1) is 6.92 Å². The number of amides is 1. The van der Waals surface area contributed by atoms with Crippen molar-refractivity contribution in [2.45, 2.75) is 39.7 Å². The molecule has 1 aromatic heterocycles. The minimum atomic E-state index is -0.163. The van der Waals surface area contributed by atoms with Gasteiger partial charge in [-0.2, -0.15) is 4.98 Å². The van der Waals surface area contributed by atoms with Crippen molar-refractivity contribution in [3.05, 3.63) is 65.5 Å². The van der Waals surface area contributed by atoms with Gasteiger partial charge in [0.05, 0.1) is 6.54 Å². The Labute approximate surface area is 171 Å². The molecule has 2 aromatic carbocycles. The second-order valence-electron chi connectivity index (χ2n) is 8.17. The lowest BCUT2D eigenvalue weighted by Crippen LogP contribution is -2.31. The fourth-order valence-electron chi connectivity index (χ4n) is 2.97. The van der Waals surface area contributed by atoms with E-state index in [4.69, 9.17) is 9.26 Å². The van der Waals surface area contributed by atoms with E-state index in [1.807, 2.05) is 55.5 Å². The molecular weight excluding hydrogens is 366 g/mol. The van der Waals surface area contributed by atoms with E-state index >= 15 is 0 Å². The average Bonchev–Trinajstić information content (AvgIpc) is 3.14. The van der Waals surface area contributed by atoms with Gasteiger partial charge in [0.2, 0.25) is 11.7 Å². The first-order valence-corrected chi connectivity index (χ1v) is 9.60. The maximum atomic E-state index is 12.5. The predicted octanol–water partition coefficient (Wildman–Crippen LogP) is 4.38. The predicted molar refractivity (Wildman–Crippen MR) is 112 cm³/mol. The van der Waals surface area contributed by atoms with Gasteiger partial charge in [-0.1, -0.05) is 67.9 Å². The minimum absolute atomic E-state index is 0.0531. The van der Waals surface area contributed by atoms with Crippen LogP contribution in [0.25, 0.3) is 11.4 Å². The Morgan fingerprint density at radius 1 is 1.14 bits per heavy atom. The summed E-state index contributed by atoms with van der Waals surface area (Å²) in [5.41, 5.74) is 3.00. The van der Waals surface area contributed by atoms with E-state index in [2.05, 4.69) is 30.9 Å². The Morgan fingerprint density at radius 2 is 1.90 bits per heavy atom. The van der Waals surface area contributed by atoms with Crippen LogP contribution in [0.3, 0.4) is 0 Å². The third-order valence-corrected chi connectivity index (χ3v) is 4.59. The molecule has 0 aliphatic rings. The SMILES string of the molecule is Cc1cccc(-c2noc(CN(C)C(=O)COc3ccccc3C(C)(C)C)n2)c1. The Hall–Kier alpha value is -3.15. The Balaban J connectivity index is 1.61. The van der Waals surface area contributed by atoms with Crippen molar-refractivity contribution in [1.29, 1.82) is 0 Å². The summed E-state index contributed by atoms with van der Waals surface area (Å²) >= 11 is 0. The number of rotatable bonds is 6. The first-order valence-electron chi connectivity index (χ1n) is 9.60. The molecule has 0 saturated carbocycles. The Morgan fingerprint density at radius 3 is 2.62 bits per heavy atom. The van der Waals surface area contributed by atoms with Gasteiger partial charge >= 0.3 is 0 Å². The highest BCUT2D eigenvalue weighted by atomic mass is 16.5. The normalized spacial score (nSPS) is 11.3. The molecule has 3 rings (SSSR count). The van der Waals surface area contributed by atoms with Crippen molar-refractivity contribution in [3.8, 4) is 17.1 Å². The van der Waals surface area contributed by atoms with Gasteiger partial charge in [-0.05, 0) is 30.0 Å². The molecule has 6 heteroatoms. The number of benzene rings is 2.